The van der Waals surface area contributed by atoms with Crippen LogP contribution in [0.4, 0.5) is 11.6 Å². The molecular formula is C16H30N4O. The van der Waals surface area contributed by atoms with Crippen molar-refractivity contribution >= 4 is 11.6 Å². The van der Waals surface area contributed by atoms with Crippen molar-refractivity contribution in [2.75, 3.05) is 44.1 Å². The van der Waals surface area contributed by atoms with E-state index in [1.807, 2.05) is 6.07 Å². The van der Waals surface area contributed by atoms with Gasteiger partial charge in [0.15, 0.2) is 0 Å². The Morgan fingerprint density at radius 3 is 2.57 bits per heavy atom. The lowest BCUT2D eigenvalue weighted by Crippen LogP contribution is -2.24. The van der Waals surface area contributed by atoms with E-state index in [1.165, 1.54) is 0 Å². The van der Waals surface area contributed by atoms with Crippen LogP contribution >= 0.6 is 0 Å². The Hall–Kier alpha value is -1.36. The molecule has 1 aromatic heterocycles. The maximum absolute atomic E-state index is 5.11. The molecule has 1 aromatic rings. The van der Waals surface area contributed by atoms with Crippen molar-refractivity contribution < 1.29 is 4.74 Å². The maximum Gasteiger partial charge on any atom is 0.138 e. The molecule has 1 heterocycles. The van der Waals surface area contributed by atoms with Crippen LogP contribution in [-0.4, -0.2) is 43.8 Å². The number of nitrogens with one attached hydrogen (secondary N) is 1. The van der Waals surface area contributed by atoms with Gasteiger partial charge < -0.3 is 15.0 Å². The molecule has 120 valence electrons. The second-order valence-corrected chi connectivity index (χ2v) is 6.38. The Morgan fingerprint density at radius 1 is 1.29 bits per heavy atom. The van der Waals surface area contributed by atoms with Gasteiger partial charge in [0, 0.05) is 45.3 Å². The summed E-state index contributed by atoms with van der Waals surface area (Å²) in [7, 11) is 3.79. The molecule has 1 N–H and O–H groups in total. The normalized spacial score (nSPS) is 11.5. The SMILES string of the molecule is CCCNc1cc(N(C)CCCOC)nc(C(C)(C)C)n1. The van der Waals surface area contributed by atoms with Crippen molar-refractivity contribution in [3.05, 3.63) is 11.9 Å². The van der Waals surface area contributed by atoms with Gasteiger partial charge in [-0.15, -0.1) is 0 Å². The summed E-state index contributed by atoms with van der Waals surface area (Å²) in [5.74, 6) is 2.74. The highest BCUT2D eigenvalue weighted by Gasteiger charge is 2.20. The van der Waals surface area contributed by atoms with E-state index in [4.69, 9.17) is 9.72 Å². The highest BCUT2D eigenvalue weighted by Crippen LogP contribution is 2.23. The van der Waals surface area contributed by atoms with Crippen molar-refractivity contribution in [1.82, 2.24) is 9.97 Å². The molecule has 0 spiro atoms. The van der Waals surface area contributed by atoms with E-state index in [0.29, 0.717) is 0 Å². The van der Waals surface area contributed by atoms with Gasteiger partial charge in [0.2, 0.25) is 0 Å². The topological polar surface area (TPSA) is 50.3 Å². The predicted octanol–water partition coefficient (Wildman–Crippen LogP) is 3.07. The number of methoxy groups -OCH3 is 1. The van der Waals surface area contributed by atoms with Crippen LogP contribution in [-0.2, 0) is 10.2 Å². The fraction of sp³-hybridized carbons (Fsp3) is 0.750. The second kappa shape index (κ2) is 8.17. The molecule has 5 nitrogen and oxygen atoms in total. The van der Waals surface area contributed by atoms with E-state index in [-0.39, 0.29) is 5.41 Å². The molecule has 1 rings (SSSR count). The molecule has 5 heteroatoms. The number of rotatable bonds is 8. The van der Waals surface area contributed by atoms with E-state index in [1.54, 1.807) is 7.11 Å². The first-order valence-corrected chi connectivity index (χ1v) is 7.72. The zero-order valence-electron chi connectivity index (χ0n) is 14.4. The smallest absolute Gasteiger partial charge is 0.138 e. The Bertz CT molecular complexity index is 429. The highest BCUT2D eigenvalue weighted by atomic mass is 16.5. The summed E-state index contributed by atoms with van der Waals surface area (Å²) < 4.78 is 5.11. The first-order chi connectivity index (χ1) is 9.88. The monoisotopic (exact) mass is 294 g/mol. The van der Waals surface area contributed by atoms with Gasteiger partial charge >= 0.3 is 0 Å². The third kappa shape index (κ3) is 5.87. The van der Waals surface area contributed by atoms with Gasteiger partial charge in [0.05, 0.1) is 0 Å². The number of nitrogens with zero attached hydrogens (tertiary/aromatic N) is 3. The minimum atomic E-state index is -0.0635. The number of hydrogen-bond donors (Lipinski definition) is 1. The largest absolute Gasteiger partial charge is 0.385 e. The van der Waals surface area contributed by atoms with Crippen LogP contribution in [0.15, 0.2) is 6.07 Å². The predicted molar refractivity (Wildman–Crippen MR) is 89.3 cm³/mol. The van der Waals surface area contributed by atoms with E-state index >= 15 is 0 Å². The van der Waals surface area contributed by atoms with Gasteiger partial charge in [-0.05, 0) is 12.8 Å². The zero-order chi connectivity index (χ0) is 15.9. The Balaban J connectivity index is 2.95. The quantitative estimate of drug-likeness (QED) is 0.747. The van der Waals surface area contributed by atoms with Crippen molar-refractivity contribution in [3.8, 4) is 0 Å². The molecule has 0 saturated heterocycles. The van der Waals surface area contributed by atoms with Gasteiger partial charge in [-0.3, -0.25) is 0 Å². The van der Waals surface area contributed by atoms with Crippen molar-refractivity contribution in [2.24, 2.45) is 0 Å². The lowest BCUT2D eigenvalue weighted by molar-refractivity contribution is 0.196. The molecule has 21 heavy (non-hydrogen) atoms. The van der Waals surface area contributed by atoms with E-state index < -0.39 is 0 Å². The van der Waals surface area contributed by atoms with Gasteiger partial charge in [0.25, 0.3) is 0 Å². The van der Waals surface area contributed by atoms with Gasteiger partial charge in [-0.25, -0.2) is 9.97 Å². The molecular weight excluding hydrogens is 264 g/mol. The van der Waals surface area contributed by atoms with Crippen LogP contribution < -0.4 is 10.2 Å². The fourth-order valence-electron chi connectivity index (χ4n) is 1.87. The summed E-state index contributed by atoms with van der Waals surface area (Å²) in [6.07, 6.45) is 2.06. The minimum Gasteiger partial charge on any atom is -0.385 e. The molecule has 0 unspecified atom stereocenters. The number of ether oxygens (including phenoxy) is 1. The first-order valence-electron chi connectivity index (χ1n) is 7.72. The standard InChI is InChI=1S/C16H30N4O/c1-7-9-17-13-12-14(20(5)10-8-11-21-6)19-15(18-13)16(2,3)4/h12H,7-11H2,1-6H3,(H,17,18,19). The first kappa shape index (κ1) is 17.7. The zero-order valence-corrected chi connectivity index (χ0v) is 14.4. The summed E-state index contributed by atoms with van der Waals surface area (Å²) in [6.45, 7) is 11.2. The number of aromatic nitrogens is 2. The minimum absolute atomic E-state index is 0.0635. The van der Waals surface area contributed by atoms with Gasteiger partial charge in [-0.2, -0.15) is 0 Å². The van der Waals surface area contributed by atoms with Crippen molar-refractivity contribution in [3.63, 3.8) is 0 Å². The summed E-state index contributed by atoms with van der Waals surface area (Å²) >= 11 is 0. The maximum atomic E-state index is 5.11. The highest BCUT2D eigenvalue weighted by molar-refractivity contribution is 5.49. The van der Waals surface area contributed by atoms with E-state index in [2.05, 4.69) is 49.9 Å². The lowest BCUT2D eigenvalue weighted by Gasteiger charge is -2.23. The molecule has 0 aliphatic rings. The average Bonchev–Trinajstić information content (AvgIpc) is 2.44. The Morgan fingerprint density at radius 2 is 2.00 bits per heavy atom. The molecule has 0 saturated carbocycles. The van der Waals surface area contributed by atoms with E-state index in [0.717, 1.165) is 50.0 Å². The molecule has 0 radical (unpaired) electrons. The van der Waals surface area contributed by atoms with Crippen LogP contribution in [0.25, 0.3) is 0 Å². The van der Waals surface area contributed by atoms with Gasteiger partial charge in [-0.1, -0.05) is 27.7 Å². The summed E-state index contributed by atoms with van der Waals surface area (Å²) in [4.78, 5) is 11.5. The van der Waals surface area contributed by atoms with Crippen LogP contribution in [0.5, 0.6) is 0 Å². The lowest BCUT2D eigenvalue weighted by atomic mass is 9.96. The molecule has 0 fully saturated rings. The molecule has 0 aliphatic heterocycles. The van der Waals surface area contributed by atoms with Crippen LogP contribution in [0.2, 0.25) is 0 Å². The van der Waals surface area contributed by atoms with Crippen LogP contribution in [0.1, 0.15) is 46.4 Å². The molecule has 0 atom stereocenters. The van der Waals surface area contributed by atoms with Crippen LogP contribution in [0, 0.1) is 0 Å². The Kier molecular flexibility index (Phi) is 6.89. The summed E-state index contributed by atoms with van der Waals surface area (Å²) in [5, 5.41) is 3.37. The summed E-state index contributed by atoms with van der Waals surface area (Å²) in [5.41, 5.74) is -0.0635. The van der Waals surface area contributed by atoms with Crippen LogP contribution in [0.3, 0.4) is 0 Å². The number of anilines is 2. The molecule has 0 aromatic carbocycles. The molecule has 0 amide bonds. The van der Waals surface area contributed by atoms with E-state index in [9.17, 15) is 0 Å². The third-order valence-electron chi connectivity index (χ3n) is 3.17. The third-order valence-corrected chi connectivity index (χ3v) is 3.17. The van der Waals surface area contributed by atoms with Crippen molar-refractivity contribution in [2.45, 2.75) is 46.0 Å². The van der Waals surface area contributed by atoms with Gasteiger partial charge in [0.1, 0.15) is 17.5 Å². The molecule has 0 bridgehead atoms. The number of hydrogen-bond acceptors (Lipinski definition) is 5. The molecule has 0 aliphatic carbocycles. The van der Waals surface area contributed by atoms with Crippen molar-refractivity contribution in [1.29, 1.82) is 0 Å². The Labute approximate surface area is 129 Å². The second-order valence-electron chi connectivity index (χ2n) is 6.38. The summed E-state index contributed by atoms with van der Waals surface area (Å²) in [6, 6.07) is 2.03. The average molecular weight is 294 g/mol. The fourth-order valence-corrected chi connectivity index (χ4v) is 1.87.